The molecule has 0 radical (unpaired) electrons. The smallest absolute Gasteiger partial charge is 0.311 e. The van der Waals surface area contributed by atoms with Gasteiger partial charge in [-0.25, -0.2) is 4.39 Å². The summed E-state index contributed by atoms with van der Waals surface area (Å²) >= 11 is 5.64. The number of nitro benzene ring substituents is 1. The molecule has 0 fully saturated rings. The Morgan fingerprint density at radius 3 is 2.70 bits per heavy atom. The van der Waals surface area contributed by atoms with Gasteiger partial charge in [-0.3, -0.25) is 10.1 Å². The monoisotopic (exact) mass is 295 g/mol. The molecule has 2 aromatic carbocycles. The molecule has 0 spiro atoms. The summed E-state index contributed by atoms with van der Waals surface area (Å²) in [5.41, 5.74) is 0.752. The lowest BCUT2D eigenvalue weighted by Gasteiger charge is -2.09. The van der Waals surface area contributed by atoms with E-state index in [-0.39, 0.29) is 23.1 Å². The quantitative estimate of drug-likeness (QED) is 0.471. The van der Waals surface area contributed by atoms with Crippen molar-refractivity contribution in [1.82, 2.24) is 0 Å². The van der Waals surface area contributed by atoms with Crippen molar-refractivity contribution in [3.05, 3.63) is 63.5 Å². The number of nitro groups is 1. The minimum atomic E-state index is -0.584. The number of ether oxygens (including phenoxy) is 1. The van der Waals surface area contributed by atoms with E-state index in [0.29, 0.717) is 11.1 Å². The number of alkyl halides is 1. The topological polar surface area (TPSA) is 52.4 Å². The Kier molecular flexibility index (Phi) is 4.20. The van der Waals surface area contributed by atoms with Crippen LogP contribution in [-0.2, 0) is 5.88 Å². The minimum absolute atomic E-state index is 0.0200. The molecule has 0 aliphatic rings. The first-order valence-corrected chi connectivity index (χ1v) is 6.32. The molecule has 0 unspecified atom stereocenters. The molecule has 0 saturated carbocycles. The fraction of sp³-hybridized carbons (Fsp3) is 0.143. The summed E-state index contributed by atoms with van der Waals surface area (Å²) in [6.45, 7) is 1.59. The van der Waals surface area contributed by atoms with Gasteiger partial charge in [-0.05, 0) is 30.2 Å². The Bertz CT molecular complexity index is 661. The van der Waals surface area contributed by atoms with Gasteiger partial charge >= 0.3 is 5.69 Å². The van der Waals surface area contributed by atoms with E-state index in [2.05, 4.69) is 0 Å². The van der Waals surface area contributed by atoms with Gasteiger partial charge in [-0.2, -0.15) is 0 Å². The molecule has 4 nitrogen and oxygen atoms in total. The summed E-state index contributed by atoms with van der Waals surface area (Å²) in [6.07, 6.45) is 0. The molecule has 0 N–H and O–H groups in total. The van der Waals surface area contributed by atoms with Crippen molar-refractivity contribution in [2.24, 2.45) is 0 Å². The molecule has 0 aliphatic heterocycles. The SMILES string of the molecule is Cc1cccc(Oc2ccc(CCl)cc2[N+](=O)[O-])c1F. The molecular formula is C14H11ClFNO3. The van der Waals surface area contributed by atoms with E-state index < -0.39 is 10.7 Å². The zero-order chi connectivity index (χ0) is 14.7. The van der Waals surface area contributed by atoms with Crippen molar-refractivity contribution >= 4 is 17.3 Å². The molecule has 2 aromatic rings. The lowest BCUT2D eigenvalue weighted by atomic mass is 10.2. The van der Waals surface area contributed by atoms with Crippen LogP contribution in [0.15, 0.2) is 36.4 Å². The lowest BCUT2D eigenvalue weighted by molar-refractivity contribution is -0.385. The average Bonchev–Trinajstić information content (AvgIpc) is 2.44. The number of hydrogen-bond acceptors (Lipinski definition) is 3. The van der Waals surface area contributed by atoms with Crippen molar-refractivity contribution in [3.8, 4) is 11.5 Å². The molecule has 104 valence electrons. The Balaban J connectivity index is 2.43. The van der Waals surface area contributed by atoms with E-state index in [4.69, 9.17) is 16.3 Å². The second-order valence-corrected chi connectivity index (χ2v) is 4.45. The highest BCUT2D eigenvalue weighted by atomic mass is 35.5. The largest absolute Gasteiger partial charge is 0.447 e. The molecule has 0 saturated heterocycles. The molecular weight excluding hydrogens is 285 g/mol. The maximum absolute atomic E-state index is 13.8. The lowest BCUT2D eigenvalue weighted by Crippen LogP contribution is -1.96. The van der Waals surface area contributed by atoms with Gasteiger partial charge in [0, 0.05) is 11.9 Å². The van der Waals surface area contributed by atoms with Gasteiger partial charge < -0.3 is 4.74 Å². The van der Waals surface area contributed by atoms with Crippen LogP contribution in [0.3, 0.4) is 0 Å². The fourth-order valence-corrected chi connectivity index (χ4v) is 1.86. The first-order valence-electron chi connectivity index (χ1n) is 5.79. The van der Waals surface area contributed by atoms with Crippen molar-refractivity contribution in [3.63, 3.8) is 0 Å². The summed E-state index contributed by atoms with van der Waals surface area (Å²) in [6, 6.07) is 8.96. The van der Waals surface area contributed by atoms with E-state index in [9.17, 15) is 14.5 Å². The molecule has 0 bridgehead atoms. The predicted molar refractivity (Wildman–Crippen MR) is 73.9 cm³/mol. The van der Waals surface area contributed by atoms with Gasteiger partial charge in [0.05, 0.1) is 4.92 Å². The summed E-state index contributed by atoms with van der Waals surface area (Å²) in [5.74, 6) is -0.455. The molecule has 0 atom stereocenters. The van der Waals surface area contributed by atoms with E-state index in [1.807, 2.05) is 0 Å². The zero-order valence-corrected chi connectivity index (χ0v) is 11.4. The number of halogens is 2. The normalized spacial score (nSPS) is 10.3. The number of nitrogens with zero attached hydrogens (tertiary/aromatic N) is 1. The van der Waals surface area contributed by atoms with Gasteiger partial charge in [0.2, 0.25) is 5.75 Å². The predicted octanol–water partition coefficient (Wildman–Crippen LogP) is 4.57. The van der Waals surface area contributed by atoms with E-state index in [0.717, 1.165) is 0 Å². The van der Waals surface area contributed by atoms with Gasteiger partial charge in [0.25, 0.3) is 0 Å². The van der Waals surface area contributed by atoms with Crippen LogP contribution in [0.4, 0.5) is 10.1 Å². The maximum atomic E-state index is 13.8. The van der Waals surface area contributed by atoms with Crippen LogP contribution in [0.1, 0.15) is 11.1 Å². The standard InChI is InChI=1S/C14H11ClFNO3/c1-9-3-2-4-13(14(9)16)20-12-6-5-10(8-15)7-11(12)17(18)19/h2-7H,8H2,1H3. The number of benzene rings is 2. The van der Waals surface area contributed by atoms with Crippen LogP contribution in [0, 0.1) is 22.9 Å². The molecule has 0 amide bonds. The Morgan fingerprint density at radius 2 is 2.05 bits per heavy atom. The van der Waals surface area contributed by atoms with Crippen molar-refractivity contribution in [1.29, 1.82) is 0 Å². The molecule has 2 rings (SSSR count). The van der Waals surface area contributed by atoms with Crippen LogP contribution in [0.5, 0.6) is 11.5 Å². The summed E-state index contributed by atoms with van der Waals surface area (Å²) in [7, 11) is 0. The zero-order valence-electron chi connectivity index (χ0n) is 10.6. The van der Waals surface area contributed by atoms with E-state index in [1.165, 1.54) is 18.2 Å². The van der Waals surface area contributed by atoms with Gasteiger partial charge in [0.1, 0.15) is 0 Å². The summed E-state index contributed by atoms with van der Waals surface area (Å²) in [4.78, 5) is 10.4. The van der Waals surface area contributed by atoms with Crippen molar-refractivity contribution in [2.75, 3.05) is 0 Å². The van der Waals surface area contributed by atoms with Gasteiger partial charge in [-0.15, -0.1) is 11.6 Å². The van der Waals surface area contributed by atoms with Crippen LogP contribution < -0.4 is 4.74 Å². The fourth-order valence-electron chi connectivity index (χ4n) is 1.69. The van der Waals surface area contributed by atoms with E-state index in [1.54, 1.807) is 25.1 Å². The third-order valence-electron chi connectivity index (χ3n) is 2.75. The Morgan fingerprint density at radius 1 is 1.30 bits per heavy atom. The van der Waals surface area contributed by atoms with Gasteiger partial charge in [-0.1, -0.05) is 18.2 Å². The van der Waals surface area contributed by atoms with Crippen molar-refractivity contribution < 1.29 is 14.1 Å². The van der Waals surface area contributed by atoms with Crippen molar-refractivity contribution in [2.45, 2.75) is 12.8 Å². The maximum Gasteiger partial charge on any atom is 0.311 e. The highest BCUT2D eigenvalue weighted by molar-refractivity contribution is 6.17. The van der Waals surface area contributed by atoms with Crippen LogP contribution in [0.25, 0.3) is 0 Å². The first kappa shape index (κ1) is 14.3. The molecule has 0 aliphatic carbocycles. The van der Waals surface area contributed by atoms with Gasteiger partial charge in [0.15, 0.2) is 11.6 Å². The molecule has 0 heterocycles. The first-order chi connectivity index (χ1) is 9.52. The van der Waals surface area contributed by atoms with Crippen LogP contribution in [0.2, 0.25) is 0 Å². The number of hydrogen-bond donors (Lipinski definition) is 0. The second-order valence-electron chi connectivity index (χ2n) is 4.18. The highest BCUT2D eigenvalue weighted by Gasteiger charge is 2.18. The average molecular weight is 296 g/mol. The summed E-state index contributed by atoms with van der Waals surface area (Å²) < 4.78 is 19.2. The Labute approximate surface area is 119 Å². The molecule has 20 heavy (non-hydrogen) atoms. The van der Waals surface area contributed by atoms with Crippen LogP contribution >= 0.6 is 11.6 Å². The summed E-state index contributed by atoms with van der Waals surface area (Å²) in [5, 5.41) is 11.0. The van der Waals surface area contributed by atoms with Crippen LogP contribution in [-0.4, -0.2) is 4.92 Å². The highest BCUT2D eigenvalue weighted by Crippen LogP contribution is 2.34. The minimum Gasteiger partial charge on any atom is -0.447 e. The third kappa shape index (κ3) is 2.88. The number of rotatable bonds is 4. The number of aryl methyl sites for hydroxylation is 1. The molecule has 6 heteroatoms. The molecule has 0 aromatic heterocycles. The second kappa shape index (κ2) is 5.88. The third-order valence-corrected chi connectivity index (χ3v) is 3.06. The Hall–Kier alpha value is -2.14. The van der Waals surface area contributed by atoms with E-state index >= 15 is 0 Å².